The molecule has 1 atom stereocenters. The van der Waals surface area contributed by atoms with Gasteiger partial charge < -0.3 is 5.32 Å². The number of hydrogen-bond acceptors (Lipinski definition) is 2. The second-order valence-corrected chi connectivity index (χ2v) is 5.01. The topological polar surface area (TPSA) is 29.1 Å². The van der Waals surface area contributed by atoms with Crippen molar-refractivity contribution in [3.8, 4) is 0 Å². The average molecular weight is 231 g/mol. The van der Waals surface area contributed by atoms with Crippen LogP contribution in [0, 0.1) is 5.92 Å². The number of carbonyl (C=O) groups excluding carboxylic acids is 1. The molecule has 1 N–H and O–H groups in total. The number of fused-ring (bicyclic) bond motifs is 1. The molecule has 0 bridgehead atoms. The van der Waals surface area contributed by atoms with Crippen LogP contribution in [0.4, 0.5) is 0 Å². The molecule has 1 unspecified atom stereocenters. The summed E-state index contributed by atoms with van der Waals surface area (Å²) >= 11 is 0. The molecule has 2 nitrogen and oxygen atoms in total. The summed E-state index contributed by atoms with van der Waals surface area (Å²) < 4.78 is 0. The van der Waals surface area contributed by atoms with Gasteiger partial charge in [-0.1, -0.05) is 38.5 Å². The van der Waals surface area contributed by atoms with E-state index in [2.05, 4.69) is 25.2 Å². The van der Waals surface area contributed by atoms with Gasteiger partial charge in [0.05, 0.1) is 0 Å². The molecule has 1 aliphatic rings. The molecule has 17 heavy (non-hydrogen) atoms. The molecule has 1 aromatic carbocycles. The van der Waals surface area contributed by atoms with Gasteiger partial charge in [0.25, 0.3) is 0 Å². The second kappa shape index (κ2) is 5.46. The lowest BCUT2D eigenvalue weighted by Gasteiger charge is -2.20. The maximum Gasteiger partial charge on any atom is 0.163 e. The zero-order valence-electron chi connectivity index (χ0n) is 10.8. The fraction of sp³-hybridized carbons (Fsp3) is 0.533. The molecule has 0 radical (unpaired) electrons. The minimum atomic E-state index is 0.318. The Bertz CT molecular complexity index is 411. The van der Waals surface area contributed by atoms with E-state index in [-0.39, 0.29) is 0 Å². The van der Waals surface area contributed by atoms with Crippen LogP contribution in [0.1, 0.15) is 48.2 Å². The SMILES string of the molecule is CCC(C)CC(=O)c1cccc2c1CCNC2. The molecule has 0 spiro atoms. The van der Waals surface area contributed by atoms with Gasteiger partial charge in [-0.25, -0.2) is 0 Å². The molecule has 0 saturated carbocycles. The van der Waals surface area contributed by atoms with Gasteiger partial charge in [0.1, 0.15) is 0 Å². The van der Waals surface area contributed by atoms with Crippen molar-refractivity contribution in [2.24, 2.45) is 5.92 Å². The van der Waals surface area contributed by atoms with E-state index in [1.165, 1.54) is 11.1 Å². The molecule has 1 aromatic rings. The molecule has 92 valence electrons. The molecule has 0 aromatic heterocycles. The first kappa shape index (κ1) is 12.3. The van der Waals surface area contributed by atoms with Gasteiger partial charge in [0.15, 0.2) is 5.78 Å². The minimum Gasteiger partial charge on any atom is -0.312 e. The van der Waals surface area contributed by atoms with E-state index in [0.29, 0.717) is 18.1 Å². The quantitative estimate of drug-likeness (QED) is 0.807. The van der Waals surface area contributed by atoms with Crippen molar-refractivity contribution in [2.45, 2.75) is 39.7 Å². The van der Waals surface area contributed by atoms with Gasteiger partial charge in [-0.2, -0.15) is 0 Å². The fourth-order valence-corrected chi connectivity index (χ4v) is 2.36. The first-order chi connectivity index (χ1) is 8.22. The highest BCUT2D eigenvalue weighted by molar-refractivity contribution is 5.98. The number of hydrogen-bond donors (Lipinski definition) is 1. The van der Waals surface area contributed by atoms with Crippen molar-refractivity contribution in [2.75, 3.05) is 6.54 Å². The lowest BCUT2D eigenvalue weighted by molar-refractivity contribution is 0.0962. The minimum absolute atomic E-state index is 0.318. The normalized spacial score (nSPS) is 16.4. The second-order valence-electron chi connectivity index (χ2n) is 5.01. The monoisotopic (exact) mass is 231 g/mol. The Morgan fingerprint density at radius 2 is 2.29 bits per heavy atom. The fourth-order valence-electron chi connectivity index (χ4n) is 2.36. The van der Waals surface area contributed by atoms with Crippen molar-refractivity contribution >= 4 is 5.78 Å². The van der Waals surface area contributed by atoms with Gasteiger partial charge in [0.2, 0.25) is 0 Å². The summed E-state index contributed by atoms with van der Waals surface area (Å²) in [6.45, 7) is 6.18. The Morgan fingerprint density at radius 1 is 1.47 bits per heavy atom. The van der Waals surface area contributed by atoms with Crippen LogP contribution >= 0.6 is 0 Å². The Balaban J connectivity index is 2.23. The van der Waals surface area contributed by atoms with E-state index in [1.54, 1.807) is 0 Å². The number of ketones is 1. The van der Waals surface area contributed by atoms with Crippen molar-refractivity contribution < 1.29 is 4.79 Å². The Hall–Kier alpha value is -1.15. The Labute approximate surface area is 103 Å². The summed E-state index contributed by atoms with van der Waals surface area (Å²) in [7, 11) is 0. The zero-order chi connectivity index (χ0) is 12.3. The van der Waals surface area contributed by atoms with Gasteiger partial charge in [0, 0.05) is 18.5 Å². The highest BCUT2D eigenvalue weighted by atomic mass is 16.1. The molecule has 2 rings (SSSR count). The van der Waals surface area contributed by atoms with E-state index in [4.69, 9.17) is 0 Å². The van der Waals surface area contributed by atoms with Crippen LogP contribution in [-0.2, 0) is 13.0 Å². The lowest BCUT2D eigenvalue weighted by Crippen LogP contribution is -2.25. The summed E-state index contributed by atoms with van der Waals surface area (Å²) in [6.07, 6.45) is 2.74. The van der Waals surface area contributed by atoms with Crippen molar-refractivity contribution in [3.05, 3.63) is 34.9 Å². The van der Waals surface area contributed by atoms with Gasteiger partial charge >= 0.3 is 0 Å². The predicted molar refractivity (Wildman–Crippen MR) is 70.3 cm³/mol. The Kier molecular flexibility index (Phi) is 3.95. The van der Waals surface area contributed by atoms with E-state index < -0.39 is 0 Å². The lowest BCUT2D eigenvalue weighted by atomic mass is 9.90. The standard InChI is InChI=1S/C15H21NO/c1-3-11(2)9-15(17)14-6-4-5-12-10-16-8-7-13(12)14/h4-6,11,16H,3,7-10H2,1-2H3. The molecule has 1 heterocycles. The molecular formula is C15H21NO. The van der Waals surface area contributed by atoms with Crippen LogP contribution in [0.2, 0.25) is 0 Å². The molecule has 2 heteroatoms. The summed E-state index contributed by atoms with van der Waals surface area (Å²) in [5.41, 5.74) is 3.54. The van der Waals surface area contributed by atoms with Crippen LogP contribution in [-0.4, -0.2) is 12.3 Å². The number of rotatable bonds is 4. The van der Waals surface area contributed by atoms with Gasteiger partial charge in [-0.3, -0.25) is 4.79 Å². The first-order valence-electron chi connectivity index (χ1n) is 6.57. The molecule has 0 saturated heterocycles. The van der Waals surface area contributed by atoms with Crippen LogP contribution in [0.3, 0.4) is 0 Å². The van der Waals surface area contributed by atoms with Crippen LogP contribution in [0.5, 0.6) is 0 Å². The third-order valence-corrected chi connectivity index (χ3v) is 3.67. The maximum absolute atomic E-state index is 12.3. The third kappa shape index (κ3) is 2.75. The predicted octanol–water partition coefficient (Wildman–Crippen LogP) is 2.95. The smallest absolute Gasteiger partial charge is 0.163 e. The highest BCUT2D eigenvalue weighted by Gasteiger charge is 2.18. The zero-order valence-corrected chi connectivity index (χ0v) is 10.8. The largest absolute Gasteiger partial charge is 0.312 e. The van der Waals surface area contributed by atoms with Crippen LogP contribution in [0.25, 0.3) is 0 Å². The average Bonchev–Trinajstić information content (AvgIpc) is 2.37. The van der Waals surface area contributed by atoms with Crippen LogP contribution < -0.4 is 5.32 Å². The summed E-state index contributed by atoms with van der Waals surface area (Å²) in [5.74, 6) is 0.804. The third-order valence-electron chi connectivity index (χ3n) is 3.67. The number of nitrogens with one attached hydrogen (secondary N) is 1. The Morgan fingerprint density at radius 3 is 3.06 bits per heavy atom. The molecular weight excluding hydrogens is 210 g/mol. The van der Waals surface area contributed by atoms with Crippen molar-refractivity contribution in [3.63, 3.8) is 0 Å². The summed E-state index contributed by atoms with van der Waals surface area (Å²) in [5, 5.41) is 3.35. The number of Topliss-reactive ketones (excluding diaryl/α,β-unsaturated/α-hetero) is 1. The molecule has 1 aliphatic heterocycles. The number of benzene rings is 1. The van der Waals surface area contributed by atoms with Gasteiger partial charge in [-0.05, 0) is 30.0 Å². The summed E-state index contributed by atoms with van der Waals surface area (Å²) in [4.78, 5) is 12.3. The molecule has 0 amide bonds. The van der Waals surface area contributed by atoms with E-state index in [0.717, 1.165) is 31.5 Å². The molecule has 0 fully saturated rings. The highest BCUT2D eigenvalue weighted by Crippen LogP contribution is 2.21. The van der Waals surface area contributed by atoms with Crippen LogP contribution in [0.15, 0.2) is 18.2 Å². The van der Waals surface area contributed by atoms with E-state index >= 15 is 0 Å². The van der Waals surface area contributed by atoms with E-state index in [1.807, 2.05) is 12.1 Å². The maximum atomic E-state index is 12.3. The number of carbonyl (C=O) groups is 1. The molecule has 0 aliphatic carbocycles. The summed E-state index contributed by atoms with van der Waals surface area (Å²) in [6, 6.07) is 6.13. The van der Waals surface area contributed by atoms with Gasteiger partial charge in [-0.15, -0.1) is 0 Å². The van der Waals surface area contributed by atoms with Crippen molar-refractivity contribution in [1.29, 1.82) is 0 Å². The first-order valence-corrected chi connectivity index (χ1v) is 6.57. The van der Waals surface area contributed by atoms with E-state index in [9.17, 15) is 4.79 Å². The van der Waals surface area contributed by atoms with Crippen molar-refractivity contribution in [1.82, 2.24) is 5.32 Å².